The molecule has 0 aromatic heterocycles. The fourth-order valence-corrected chi connectivity index (χ4v) is 1.58. The van der Waals surface area contributed by atoms with Crippen molar-refractivity contribution in [2.45, 2.75) is 0 Å². The van der Waals surface area contributed by atoms with Gasteiger partial charge in [0.15, 0.2) is 0 Å². The van der Waals surface area contributed by atoms with E-state index in [4.69, 9.17) is 5.26 Å². The maximum atomic E-state index is 11.6. The highest BCUT2D eigenvalue weighted by molar-refractivity contribution is 6.05. The molecule has 1 aliphatic heterocycles. The topological polar surface area (TPSA) is 73.2 Å². The van der Waals surface area contributed by atoms with Crippen molar-refractivity contribution in [2.24, 2.45) is 0 Å². The van der Waals surface area contributed by atoms with Crippen LogP contribution in [0.15, 0.2) is 24.3 Å². The third-order valence-electron chi connectivity index (χ3n) is 2.35. The lowest BCUT2D eigenvalue weighted by molar-refractivity contribution is -0.128. The fourth-order valence-electron chi connectivity index (χ4n) is 1.58. The lowest BCUT2D eigenvalue weighted by Gasteiger charge is -2.27. The van der Waals surface area contributed by atoms with Crippen LogP contribution in [-0.4, -0.2) is 24.9 Å². The molecule has 16 heavy (non-hydrogen) atoms. The molecule has 5 heteroatoms. The SMILES string of the molecule is N#Cc1ccccc1N1CC(=O)NCC1=O. The second-order valence-corrected chi connectivity index (χ2v) is 3.39. The third kappa shape index (κ3) is 1.73. The smallest absolute Gasteiger partial charge is 0.246 e. The average Bonchev–Trinajstić information content (AvgIpc) is 2.32. The first kappa shape index (κ1) is 10.2. The Morgan fingerprint density at radius 1 is 1.31 bits per heavy atom. The van der Waals surface area contributed by atoms with E-state index in [-0.39, 0.29) is 24.9 Å². The van der Waals surface area contributed by atoms with Crippen LogP contribution < -0.4 is 10.2 Å². The zero-order chi connectivity index (χ0) is 11.5. The minimum Gasteiger partial charge on any atom is -0.345 e. The van der Waals surface area contributed by atoms with Crippen molar-refractivity contribution in [2.75, 3.05) is 18.0 Å². The molecular formula is C11H9N3O2. The van der Waals surface area contributed by atoms with Gasteiger partial charge in [-0.1, -0.05) is 12.1 Å². The highest BCUT2D eigenvalue weighted by Gasteiger charge is 2.25. The first-order valence-corrected chi connectivity index (χ1v) is 4.78. The van der Waals surface area contributed by atoms with Crippen LogP contribution in [0.3, 0.4) is 0 Å². The standard InChI is InChI=1S/C11H9N3O2/c12-5-8-3-1-2-4-9(8)14-7-10(15)13-6-11(14)16/h1-4H,6-7H2,(H,13,15). The number of hydrogen-bond acceptors (Lipinski definition) is 3. The van der Waals surface area contributed by atoms with Crippen LogP contribution in [0.25, 0.3) is 0 Å². The molecule has 5 nitrogen and oxygen atoms in total. The molecule has 0 bridgehead atoms. The van der Waals surface area contributed by atoms with Gasteiger partial charge in [-0.2, -0.15) is 5.26 Å². The molecule has 0 atom stereocenters. The Labute approximate surface area is 92.3 Å². The Morgan fingerprint density at radius 2 is 2.06 bits per heavy atom. The largest absolute Gasteiger partial charge is 0.345 e. The lowest BCUT2D eigenvalue weighted by Crippen LogP contribution is -2.51. The number of nitrogens with one attached hydrogen (secondary N) is 1. The number of piperazine rings is 1. The minimum atomic E-state index is -0.215. The van der Waals surface area contributed by atoms with Crippen LogP contribution in [0.4, 0.5) is 5.69 Å². The second-order valence-electron chi connectivity index (χ2n) is 3.39. The van der Waals surface area contributed by atoms with Crippen LogP contribution in [0.2, 0.25) is 0 Å². The Morgan fingerprint density at radius 3 is 2.81 bits per heavy atom. The number of para-hydroxylation sites is 1. The van der Waals surface area contributed by atoms with Gasteiger partial charge in [-0.05, 0) is 12.1 Å². The van der Waals surface area contributed by atoms with E-state index in [1.165, 1.54) is 4.90 Å². The maximum Gasteiger partial charge on any atom is 0.246 e. The van der Waals surface area contributed by atoms with Gasteiger partial charge in [0.2, 0.25) is 11.8 Å². The summed E-state index contributed by atoms with van der Waals surface area (Å²) in [6, 6.07) is 8.74. The first-order valence-electron chi connectivity index (χ1n) is 4.78. The number of amides is 2. The quantitative estimate of drug-likeness (QED) is 0.717. The molecule has 1 aromatic carbocycles. The van der Waals surface area contributed by atoms with E-state index in [0.717, 1.165) is 0 Å². The molecule has 0 spiro atoms. The number of nitrogens with zero attached hydrogens (tertiary/aromatic N) is 2. The van der Waals surface area contributed by atoms with E-state index >= 15 is 0 Å². The number of hydrogen-bond donors (Lipinski definition) is 1. The minimum absolute atomic E-state index is 0.0153. The molecular weight excluding hydrogens is 206 g/mol. The van der Waals surface area contributed by atoms with Crippen molar-refractivity contribution in [1.29, 1.82) is 5.26 Å². The molecule has 1 saturated heterocycles. The van der Waals surface area contributed by atoms with Gasteiger partial charge in [-0.15, -0.1) is 0 Å². The highest BCUT2D eigenvalue weighted by Crippen LogP contribution is 2.20. The summed E-state index contributed by atoms with van der Waals surface area (Å²) in [4.78, 5) is 24.1. The normalized spacial score (nSPS) is 15.6. The predicted molar refractivity (Wildman–Crippen MR) is 56.5 cm³/mol. The molecule has 0 saturated carbocycles. The summed E-state index contributed by atoms with van der Waals surface area (Å²) in [5.74, 6) is -0.422. The molecule has 1 heterocycles. The summed E-state index contributed by atoms with van der Waals surface area (Å²) in [5, 5.41) is 11.4. The van der Waals surface area contributed by atoms with Gasteiger partial charge in [0.25, 0.3) is 0 Å². The number of carbonyl (C=O) groups is 2. The van der Waals surface area contributed by atoms with E-state index in [2.05, 4.69) is 5.32 Å². The Kier molecular flexibility index (Phi) is 2.56. The van der Waals surface area contributed by atoms with Crippen LogP contribution in [0.5, 0.6) is 0 Å². The highest BCUT2D eigenvalue weighted by atomic mass is 16.2. The first-order chi connectivity index (χ1) is 7.72. The van der Waals surface area contributed by atoms with E-state index < -0.39 is 0 Å². The number of anilines is 1. The molecule has 0 aliphatic carbocycles. The van der Waals surface area contributed by atoms with E-state index in [1.54, 1.807) is 24.3 Å². The number of benzene rings is 1. The summed E-state index contributed by atoms with van der Waals surface area (Å²) in [5.41, 5.74) is 0.885. The molecule has 0 unspecified atom stereocenters. The van der Waals surface area contributed by atoms with Crippen molar-refractivity contribution >= 4 is 17.5 Å². The van der Waals surface area contributed by atoms with Gasteiger partial charge in [0.1, 0.15) is 12.6 Å². The van der Waals surface area contributed by atoms with Crippen LogP contribution in [0.1, 0.15) is 5.56 Å². The molecule has 1 N–H and O–H groups in total. The van der Waals surface area contributed by atoms with Gasteiger partial charge < -0.3 is 10.2 Å². The second kappa shape index (κ2) is 4.03. The summed E-state index contributed by atoms with van der Waals surface area (Å²) in [6.07, 6.45) is 0. The lowest BCUT2D eigenvalue weighted by atomic mass is 10.1. The number of carbonyl (C=O) groups excluding carboxylic acids is 2. The molecule has 1 fully saturated rings. The molecule has 2 rings (SSSR count). The zero-order valence-corrected chi connectivity index (χ0v) is 8.43. The molecule has 1 aliphatic rings. The summed E-state index contributed by atoms with van der Waals surface area (Å²) < 4.78 is 0. The summed E-state index contributed by atoms with van der Waals surface area (Å²) >= 11 is 0. The monoisotopic (exact) mass is 215 g/mol. The molecule has 0 radical (unpaired) electrons. The molecule has 80 valence electrons. The van der Waals surface area contributed by atoms with Gasteiger partial charge in [0, 0.05) is 0 Å². The van der Waals surface area contributed by atoms with Crippen molar-refractivity contribution in [3.63, 3.8) is 0 Å². The third-order valence-corrected chi connectivity index (χ3v) is 2.35. The van der Waals surface area contributed by atoms with E-state index in [0.29, 0.717) is 11.3 Å². The number of nitriles is 1. The zero-order valence-electron chi connectivity index (χ0n) is 8.43. The van der Waals surface area contributed by atoms with Crippen LogP contribution >= 0.6 is 0 Å². The predicted octanol–water partition coefficient (Wildman–Crippen LogP) is 0.0211. The van der Waals surface area contributed by atoms with Gasteiger partial charge in [0.05, 0.1) is 17.8 Å². The van der Waals surface area contributed by atoms with Crippen molar-refractivity contribution in [3.05, 3.63) is 29.8 Å². The Hall–Kier alpha value is -2.35. The average molecular weight is 215 g/mol. The van der Waals surface area contributed by atoms with Gasteiger partial charge in [-0.25, -0.2) is 0 Å². The molecule has 2 amide bonds. The summed E-state index contributed by atoms with van der Waals surface area (Å²) in [7, 11) is 0. The van der Waals surface area contributed by atoms with Crippen LogP contribution in [0, 0.1) is 11.3 Å². The fraction of sp³-hybridized carbons (Fsp3) is 0.182. The van der Waals surface area contributed by atoms with Crippen molar-refractivity contribution < 1.29 is 9.59 Å². The maximum absolute atomic E-state index is 11.6. The van der Waals surface area contributed by atoms with E-state index in [1.807, 2.05) is 6.07 Å². The number of rotatable bonds is 1. The van der Waals surface area contributed by atoms with Crippen molar-refractivity contribution in [3.8, 4) is 6.07 Å². The Bertz CT molecular complexity index is 490. The molecule has 1 aromatic rings. The van der Waals surface area contributed by atoms with Gasteiger partial charge in [-0.3, -0.25) is 9.59 Å². The van der Waals surface area contributed by atoms with Crippen LogP contribution in [-0.2, 0) is 9.59 Å². The Balaban J connectivity index is 2.39. The van der Waals surface area contributed by atoms with Crippen molar-refractivity contribution in [1.82, 2.24) is 5.32 Å². The van der Waals surface area contributed by atoms with E-state index in [9.17, 15) is 9.59 Å². The van der Waals surface area contributed by atoms with Gasteiger partial charge >= 0.3 is 0 Å². The summed E-state index contributed by atoms with van der Waals surface area (Å²) in [6.45, 7) is -0.0455.